The van der Waals surface area contributed by atoms with Gasteiger partial charge in [-0.25, -0.2) is 4.85 Å². The average molecular weight is 121 g/mol. The lowest BCUT2D eigenvalue weighted by atomic mass is 10.2. The van der Waals surface area contributed by atoms with Crippen molar-refractivity contribution >= 4 is 0 Å². The van der Waals surface area contributed by atoms with E-state index in [0.717, 1.165) is 18.5 Å². The van der Waals surface area contributed by atoms with Gasteiger partial charge < -0.3 is 0 Å². The molecule has 0 saturated heterocycles. The van der Waals surface area contributed by atoms with Gasteiger partial charge >= 0.3 is 0 Å². The minimum atomic E-state index is 0.979. The van der Waals surface area contributed by atoms with Gasteiger partial charge in [-0.2, -0.15) is 0 Å². The van der Waals surface area contributed by atoms with Gasteiger partial charge in [0.25, 0.3) is 0 Å². The molecule has 1 rings (SSSR count). The predicted octanol–water partition coefficient (Wildman–Crippen LogP) is 2.75. The van der Waals surface area contributed by atoms with Crippen molar-refractivity contribution < 1.29 is 0 Å². The van der Waals surface area contributed by atoms with Crippen LogP contribution in [0.3, 0.4) is 0 Å². The van der Waals surface area contributed by atoms with Crippen LogP contribution >= 0.6 is 0 Å². The second-order valence-corrected chi connectivity index (χ2v) is 2.41. The lowest BCUT2D eigenvalue weighted by Gasteiger charge is -1.89. The molecular weight excluding hydrogens is 110 g/mol. The minimum Gasteiger partial charge on any atom is -0.243 e. The van der Waals surface area contributed by atoms with E-state index < -0.39 is 0 Å². The van der Waals surface area contributed by atoms with Crippen LogP contribution in [0, 0.1) is 6.57 Å². The van der Waals surface area contributed by atoms with E-state index >= 15 is 0 Å². The number of rotatable bonds is 0. The van der Waals surface area contributed by atoms with E-state index in [4.69, 9.17) is 6.57 Å². The summed E-state index contributed by atoms with van der Waals surface area (Å²) in [7, 11) is 0. The van der Waals surface area contributed by atoms with E-state index in [1.54, 1.807) is 0 Å². The van der Waals surface area contributed by atoms with Crippen LogP contribution in [0.25, 0.3) is 4.85 Å². The number of hydrogen-bond acceptors (Lipinski definition) is 0. The highest BCUT2D eigenvalue weighted by Gasteiger charge is 1.99. The smallest absolute Gasteiger partial charge is 0.161 e. The second kappa shape index (κ2) is 3.29. The number of nitrogens with zero attached hydrogens (tertiary/aromatic N) is 1. The number of allylic oxidation sites excluding steroid dienone is 2. The summed E-state index contributed by atoms with van der Waals surface area (Å²) in [6, 6.07) is 0. The lowest BCUT2D eigenvalue weighted by molar-refractivity contribution is 0.713. The fourth-order valence-electron chi connectivity index (χ4n) is 1.10. The molecule has 1 aliphatic rings. The summed E-state index contributed by atoms with van der Waals surface area (Å²) in [6.45, 7) is 6.75. The summed E-state index contributed by atoms with van der Waals surface area (Å²) in [6.07, 6.45) is 8.02. The van der Waals surface area contributed by atoms with E-state index in [1.807, 2.05) is 0 Å². The summed E-state index contributed by atoms with van der Waals surface area (Å²) < 4.78 is 0. The SMILES string of the molecule is [C-]#[N+]C1=CCCCCC1. The molecule has 48 valence electrons. The first-order valence-corrected chi connectivity index (χ1v) is 3.50. The topological polar surface area (TPSA) is 4.36 Å². The second-order valence-electron chi connectivity index (χ2n) is 2.41. The van der Waals surface area contributed by atoms with Gasteiger partial charge in [-0.3, -0.25) is 0 Å². The third-order valence-electron chi connectivity index (χ3n) is 1.66. The fourth-order valence-corrected chi connectivity index (χ4v) is 1.10. The molecule has 0 heterocycles. The Morgan fingerprint density at radius 2 is 2.22 bits per heavy atom. The van der Waals surface area contributed by atoms with Crippen LogP contribution in [0.5, 0.6) is 0 Å². The van der Waals surface area contributed by atoms with E-state index in [2.05, 4.69) is 10.9 Å². The molecule has 0 fully saturated rings. The highest BCUT2D eigenvalue weighted by atomic mass is 14.7. The molecule has 0 aromatic carbocycles. The van der Waals surface area contributed by atoms with Crippen molar-refractivity contribution in [3.8, 4) is 0 Å². The van der Waals surface area contributed by atoms with Crippen LogP contribution in [0.1, 0.15) is 32.1 Å². The van der Waals surface area contributed by atoms with Gasteiger partial charge in [-0.05, 0) is 12.8 Å². The molecule has 0 aliphatic heterocycles. The average Bonchev–Trinajstić information content (AvgIpc) is 2.13. The van der Waals surface area contributed by atoms with Crippen molar-refractivity contribution in [3.63, 3.8) is 0 Å². The molecule has 0 aromatic heterocycles. The molecule has 0 unspecified atom stereocenters. The maximum absolute atomic E-state index is 6.75. The molecule has 9 heavy (non-hydrogen) atoms. The predicted molar refractivity (Wildman–Crippen MR) is 37.8 cm³/mol. The molecule has 0 spiro atoms. The fraction of sp³-hybridized carbons (Fsp3) is 0.625. The Labute approximate surface area is 56.2 Å². The molecule has 0 atom stereocenters. The molecular formula is C8H11N. The molecule has 0 N–H and O–H groups in total. The van der Waals surface area contributed by atoms with Gasteiger partial charge in [-0.15, -0.1) is 0 Å². The van der Waals surface area contributed by atoms with Crippen molar-refractivity contribution in [2.24, 2.45) is 0 Å². The normalized spacial score (nSPS) is 19.7. The summed E-state index contributed by atoms with van der Waals surface area (Å²) in [5, 5.41) is 0. The van der Waals surface area contributed by atoms with Crippen molar-refractivity contribution in [2.75, 3.05) is 0 Å². The first kappa shape index (κ1) is 6.35. The summed E-state index contributed by atoms with van der Waals surface area (Å²) in [5.41, 5.74) is 0.979. The molecule has 1 heteroatoms. The van der Waals surface area contributed by atoms with E-state index in [-0.39, 0.29) is 0 Å². The van der Waals surface area contributed by atoms with Gasteiger partial charge in [-0.1, -0.05) is 25.3 Å². The van der Waals surface area contributed by atoms with E-state index in [0.29, 0.717) is 0 Å². The molecule has 1 nitrogen and oxygen atoms in total. The van der Waals surface area contributed by atoms with Gasteiger partial charge in [0.05, 0.1) is 6.57 Å². The van der Waals surface area contributed by atoms with Crippen LogP contribution in [0.15, 0.2) is 11.8 Å². The van der Waals surface area contributed by atoms with Crippen molar-refractivity contribution in [2.45, 2.75) is 32.1 Å². The Balaban J connectivity index is 2.49. The highest BCUT2D eigenvalue weighted by molar-refractivity contribution is 5.10. The Kier molecular flexibility index (Phi) is 2.32. The Morgan fingerprint density at radius 3 is 3.00 bits per heavy atom. The van der Waals surface area contributed by atoms with E-state index in [1.165, 1.54) is 19.3 Å². The Hall–Kier alpha value is -0.770. The standard InChI is InChI=1S/C8H11N/c1-9-8-6-4-2-3-5-7-8/h6H,2-5,7H2. The molecule has 0 aromatic rings. The largest absolute Gasteiger partial charge is 0.243 e. The first-order chi connectivity index (χ1) is 4.43. The third kappa shape index (κ3) is 1.89. The Morgan fingerprint density at radius 1 is 1.33 bits per heavy atom. The molecule has 0 amide bonds. The van der Waals surface area contributed by atoms with Crippen molar-refractivity contribution in [1.82, 2.24) is 0 Å². The third-order valence-corrected chi connectivity index (χ3v) is 1.66. The van der Waals surface area contributed by atoms with Gasteiger partial charge in [0.2, 0.25) is 0 Å². The zero-order valence-corrected chi connectivity index (χ0v) is 5.56. The van der Waals surface area contributed by atoms with Gasteiger partial charge in [0.15, 0.2) is 5.70 Å². The molecule has 0 radical (unpaired) electrons. The maximum Gasteiger partial charge on any atom is 0.161 e. The van der Waals surface area contributed by atoms with Crippen molar-refractivity contribution in [3.05, 3.63) is 23.2 Å². The van der Waals surface area contributed by atoms with Crippen LogP contribution in [0.2, 0.25) is 0 Å². The molecule has 1 aliphatic carbocycles. The monoisotopic (exact) mass is 121 g/mol. The van der Waals surface area contributed by atoms with Crippen LogP contribution in [0.4, 0.5) is 0 Å². The van der Waals surface area contributed by atoms with Crippen LogP contribution in [-0.4, -0.2) is 0 Å². The first-order valence-electron chi connectivity index (χ1n) is 3.50. The van der Waals surface area contributed by atoms with Crippen LogP contribution in [-0.2, 0) is 0 Å². The highest BCUT2D eigenvalue weighted by Crippen LogP contribution is 2.17. The van der Waals surface area contributed by atoms with Crippen molar-refractivity contribution in [1.29, 1.82) is 0 Å². The quantitative estimate of drug-likeness (QED) is 0.434. The summed E-state index contributed by atoms with van der Waals surface area (Å²) in [5.74, 6) is 0. The summed E-state index contributed by atoms with van der Waals surface area (Å²) >= 11 is 0. The van der Waals surface area contributed by atoms with Crippen LogP contribution < -0.4 is 0 Å². The lowest BCUT2D eigenvalue weighted by Crippen LogP contribution is -1.71. The zero-order chi connectivity index (χ0) is 6.53. The zero-order valence-electron chi connectivity index (χ0n) is 5.56. The van der Waals surface area contributed by atoms with Gasteiger partial charge in [0.1, 0.15) is 0 Å². The molecule has 0 saturated carbocycles. The molecule has 0 bridgehead atoms. The van der Waals surface area contributed by atoms with E-state index in [9.17, 15) is 0 Å². The maximum atomic E-state index is 6.75. The summed E-state index contributed by atoms with van der Waals surface area (Å²) in [4.78, 5) is 3.42. The number of hydrogen-bond donors (Lipinski definition) is 0. The minimum absolute atomic E-state index is 0.979. The van der Waals surface area contributed by atoms with Gasteiger partial charge in [0, 0.05) is 0 Å². The Bertz CT molecular complexity index is 150.